The van der Waals surface area contributed by atoms with Crippen molar-refractivity contribution in [2.45, 2.75) is 51.0 Å². The minimum Gasteiger partial charge on any atom is -0.449 e. The van der Waals surface area contributed by atoms with Crippen LogP contribution < -0.4 is 5.32 Å². The largest absolute Gasteiger partial charge is 0.449 e. The Labute approximate surface area is 166 Å². The Morgan fingerprint density at radius 1 is 1.00 bits per heavy atom. The van der Waals surface area contributed by atoms with Crippen molar-refractivity contribution in [3.63, 3.8) is 0 Å². The molecule has 1 amide bonds. The third kappa shape index (κ3) is 3.56. The van der Waals surface area contributed by atoms with Crippen molar-refractivity contribution >= 4 is 11.9 Å². The highest BCUT2D eigenvalue weighted by molar-refractivity contribution is 5.80. The molecule has 0 saturated heterocycles. The lowest BCUT2D eigenvalue weighted by Crippen LogP contribution is -2.50. The molecule has 0 heterocycles. The minimum atomic E-state index is -0.386. The van der Waals surface area contributed by atoms with Gasteiger partial charge in [0.15, 0.2) is 0 Å². The van der Waals surface area contributed by atoms with Gasteiger partial charge in [-0.05, 0) is 54.9 Å². The number of ether oxygens (including phenoxy) is 1. The van der Waals surface area contributed by atoms with Crippen LogP contribution in [0, 0.1) is 5.92 Å². The van der Waals surface area contributed by atoms with Crippen molar-refractivity contribution < 1.29 is 14.3 Å². The predicted octanol–water partition coefficient (Wildman–Crippen LogP) is 5.06. The van der Waals surface area contributed by atoms with Crippen LogP contribution in [0.4, 0.5) is 4.79 Å². The molecule has 1 fully saturated rings. The van der Waals surface area contributed by atoms with Crippen molar-refractivity contribution in [1.29, 1.82) is 0 Å². The summed E-state index contributed by atoms with van der Waals surface area (Å²) in [5, 5.41) is 3.04. The molecule has 4 nitrogen and oxygen atoms in total. The SMILES string of the molecule is CC(C)(NC(=O)OCC1c2ccccc2-c2ccccc21)C1CCC(=O)CC1. The van der Waals surface area contributed by atoms with Crippen molar-refractivity contribution in [3.8, 4) is 11.1 Å². The Morgan fingerprint density at radius 2 is 1.54 bits per heavy atom. The number of amides is 1. The highest BCUT2D eigenvalue weighted by Crippen LogP contribution is 2.44. The number of nitrogens with one attached hydrogen (secondary N) is 1. The van der Waals surface area contributed by atoms with Crippen LogP contribution in [0.5, 0.6) is 0 Å². The zero-order chi connectivity index (χ0) is 19.7. The van der Waals surface area contributed by atoms with E-state index in [1.807, 2.05) is 38.1 Å². The highest BCUT2D eigenvalue weighted by Gasteiger charge is 2.35. The zero-order valence-electron chi connectivity index (χ0n) is 16.5. The van der Waals surface area contributed by atoms with Gasteiger partial charge in [0.2, 0.25) is 0 Å². The van der Waals surface area contributed by atoms with Crippen LogP contribution in [-0.2, 0) is 9.53 Å². The number of benzene rings is 2. The van der Waals surface area contributed by atoms with E-state index in [9.17, 15) is 9.59 Å². The number of hydrogen-bond acceptors (Lipinski definition) is 3. The van der Waals surface area contributed by atoms with E-state index in [0.717, 1.165) is 12.8 Å². The summed E-state index contributed by atoms with van der Waals surface area (Å²) in [5.74, 6) is 0.687. The van der Waals surface area contributed by atoms with Gasteiger partial charge in [-0.15, -0.1) is 0 Å². The van der Waals surface area contributed by atoms with Crippen molar-refractivity contribution in [1.82, 2.24) is 5.32 Å². The molecule has 2 aliphatic carbocycles. The Morgan fingerprint density at radius 3 is 2.11 bits per heavy atom. The Hall–Kier alpha value is -2.62. The van der Waals surface area contributed by atoms with Gasteiger partial charge in [-0.25, -0.2) is 4.79 Å². The van der Waals surface area contributed by atoms with E-state index in [4.69, 9.17) is 4.74 Å². The normalized spacial score (nSPS) is 17.1. The van der Waals surface area contributed by atoms with E-state index in [2.05, 4.69) is 29.6 Å². The maximum absolute atomic E-state index is 12.5. The van der Waals surface area contributed by atoms with Gasteiger partial charge >= 0.3 is 6.09 Å². The first-order valence-corrected chi connectivity index (χ1v) is 10.1. The van der Waals surface area contributed by atoms with Gasteiger partial charge in [-0.1, -0.05) is 48.5 Å². The summed E-state index contributed by atoms with van der Waals surface area (Å²) in [6.07, 6.45) is 2.50. The summed E-state index contributed by atoms with van der Waals surface area (Å²) >= 11 is 0. The zero-order valence-corrected chi connectivity index (χ0v) is 16.5. The van der Waals surface area contributed by atoms with Crippen molar-refractivity contribution in [2.75, 3.05) is 6.61 Å². The maximum atomic E-state index is 12.5. The Balaban J connectivity index is 1.42. The molecule has 0 radical (unpaired) electrons. The van der Waals surface area contributed by atoms with Crippen LogP contribution >= 0.6 is 0 Å². The van der Waals surface area contributed by atoms with Crippen LogP contribution in [0.2, 0.25) is 0 Å². The monoisotopic (exact) mass is 377 g/mol. The molecule has 28 heavy (non-hydrogen) atoms. The third-order valence-electron chi connectivity index (χ3n) is 6.33. The molecule has 146 valence electrons. The van der Waals surface area contributed by atoms with Crippen LogP contribution in [0.1, 0.15) is 56.6 Å². The standard InChI is InChI=1S/C24H27NO3/c1-24(2,16-11-13-17(26)14-12-16)25-23(27)28-15-22-20-9-5-3-7-18(20)19-8-4-6-10-21(19)22/h3-10,16,22H,11-15H2,1-2H3,(H,25,27). The fraction of sp³-hybridized carbons (Fsp3) is 0.417. The molecule has 0 spiro atoms. The summed E-state index contributed by atoms with van der Waals surface area (Å²) in [6.45, 7) is 4.36. The number of carbonyl (C=O) groups excluding carboxylic acids is 2. The van der Waals surface area contributed by atoms with Crippen LogP contribution in [0.25, 0.3) is 11.1 Å². The summed E-state index contributed by atoms with van der Waals surface area (Å²) in [6, 6.07) is 16.6. The Kier molecular flexibility index (Phi) is 4.96. The topological polar surface area (TPSA) is 55.4 Å². The molecular weight excluding hydrogens is 350 g/mol. The molecule has 0 aliphatic heterocycles. The number of Topliss-reactive ketones (excluding diaryl/α,β-unsaturated/α-hetero) is 1. The van der Waals surface area contributed by atoms with E-state index in [1.165, 1.54) is 22.3 Å². The van der Waals surface area contributed by atoms with Gasteiger partial charge in [0.1, 0.15) is 12.4 Å². The molecule has 1 saturated carbocycles. The summed E-state index contributed by atoms with van der Waals surface area (Å²) in [5.41, 5.74) is 4.48. The molecule has 2 aromatic carbocycles. The van der Waals surface area contributed by atoms with Gasteiger partial charge in [0.25, 0.3) is 0 Å². The first kappa shape index (κ1) is 18.7. The molecule has 0 unspecified atom stereocenters. The van der Waals surface area contributed by atoms with E-state index in [0.29, 0.717) is 31.1 Å². The fourth-order valence-electron chi connectivity index (χ4n) is 4.66. The highest BCUT2D eigenvalue weighted by atomic mass is 16.5. The number of ketones is 1. The predicted molar refractivity (Wildman–Crippen MR) is 109 cm³/mol. The average molecular weight is 377 g/mol. The number of alkyl carbamates (subject to hydrolysis) is 1. The van der Waals surface area contributed by atoms with Crippen LogP contribution in [0.3, 0.4) is 0 Å². The smallest absolute Gasteiger partial charge is 0.407 e. The van der Waals surface area contributed by atoms with Gasteiger partial charge in [-0.3, -0.25) is 4.79 Å². The lowest BCUT2D eigenvalue weighted by molar-refractivity contribution is -0.121. The van der Waals surface area contributed by atoms with E-state index in [-0.39, 0.29) is 17.6 Å². The van der Waals surface area contributed by atoms with Gasteiger partial charge in [0, 0.05) is 24.3 Å². The van der Waals surface area contributed by atoms with Crippen LogP contribution in [-0.4, -0.2) is 24.0 Å². The lowest BCUT2D eigenvalue weighted by Gasteiger charge is -2.37. The van der Waals surface area contributed by atoms with Gasteiger partial charge < -0.3 is 10.1 Å². The first-order chi connectivity index (χ1) is 13.5. The second-order valence-electron chi connectivity index (χ2n) is 8.49. The molecule has 0 bridgehead atoms. The third-order valence-corrected chi connectivity index (χ3v) is 6.33. The fourth-order valence-corrected chi connectivity index (χ4v) is 4.66. The molecule has 0 aromatic heterocycles. The van der Waals surface area contributed by atoms with Gasteiger partial charge in [0.05, 0.1) is 0 Å². The molecule has 4 rings (SSSR count). The Bertz CT molecular complexity index is 847. The van der Waals surface area contributed by atoms with E-state index in [1.54, 1.807) is 0 Å². The molecule has 1 N–H and O–H groups in total. The summed E-state index contributed by atoms with van der Waals surface area (Å²) < 4.78 is 5.67. The number of carbonyl (C=O) groups is 2. The van der Waals surface area contributed by atoms with Crippen molar-refractivity contribution in [2.24, 2.45) is 5.92 Å². The summed E-state index contributed by atoms with van der Waals surface area (Å²) in [4.78, 5) is 24.0. The molecule has 2 aliphatic rings. The molecule has 0 atom stereocenters. The molecule has 2 aromatic rings. The number of fused-ring (bicyclic) bond motifs is 3. The average Bonchev–Trinajstić information content (AvgIpc) is 3.00. The minimum absolute atomic E-state index is 0.0635. The van der Waals surface area contributed by atoms with E-state index < -0.39 is 0 Å². The lowest BCUT2D eigenvalue weighted by atomic mass is 9.76. The second-order valence-corrected chi connectivity index (χ2v) is 8.49. The number of hydrogen-bond donors (Lipinski definition) is 1. The van der Waals surface area contributed by atoms with Gasteiger partial charge in [-0.2, -0.15) is 0 Å². The number of rotatable bonds is 4. The van der Waals surface area contributed by atoms with Crippen molar-refractivity contribution in [3.05, 3.63) is 59.7 Å². The van der Waals surface area contributed by atoms with Crippen LogP contribution in [0.15, 0.2) is 48.5 Å². The molecular formula is C24H27NO3. The maximum Gasteiger partial charge on any atom is 0.407 e. The quantitative estimate of drug-likeness (QED) is 0.810. The summed E-state index contributed by atoms with van der Waals surface area (Å²) in [7, 11) is 0. The first-order valence-electron chi connectivity index (χ1n) is 10.1. The molecule has 4 heteroatoms. The second kappa shape index (κ2) is 7.42. The van der Waals surface area contributed by atoms with E-state index >= 15 is 0 Å².